The summed E-state index contributed by atoms with van der Waals surface area (Å²) >= 11 is 0. The minimum absolute atomic E-state index is 0.0269. The number of sulfonamides is 1. The van der Waals surface area contributed by atoms with Crippen LogP contribution in [-0.2, 0) is 16.6 Å². The van der Waals surface area contributed by atoms with Crippen LogP contribution in [-0.4, -0.2) is 28.0 Å². The lowest BCUT2D eigenvalue weighted by Gasteiger charge is -2.05. The maximum Gasteiger partial charge on any atom is 0.239 e. The summed E-state index contributed by atoms with van der Waals surface area (Å²) in [6.45, 7) is 0.410. The van der Waals surface area contributed by atoms with Crippen molar-refractivity contribution >= 4 is 21.5 Å². The Morgan fingerprint density at radius 3 is 2.76 bits per heavy atom. The number of hydrogen-bond donors (Lipinski definition) is 2. The molecule has 0 bridgehead atoms. The van der Waals surface area contributed by atoms with Gasteiger partial charge in [0.15, 0.2) is 11.5 Å². The predicted octanol–water partition coefficient (Wildman–Crippen LogP) is 0.384. The first kappa shape index (κ1) is 13.5. The molecule has 21 heavy (non-hydrogen) atoms. The van der Waals surface area contributed by atoms with E-state index in [1.807, 2.05) is 28.8 Å². The molecule has 3 heterocycles. The predicted molar refractivity (Wildman–Crippen MR) is 75.9 cm³/mol. The van der Waals surface area contributed by atoms with Gasteiger partial charge in [0, 0.05) is 12.4 Å². The van der Waals surface area contributed by atoms with E-state index in [-0.39, 0.29) is 4.90 Å². The lowest BCUT2D eigenvalue weighted by Crippen LogP contribution is -2.12. The Morgan fingerprint density at radius 2 is 2.05 bits per heavy atom. The quantitative estimate of drug-likeness (QED) is 0.720. The van der Waals surface area contributed by atoms with Gasteiger partial charge in [-0.1, -0.05) is 6.07 Å². The largest absolute Gasteiger partial charge is 0.363 e. The summed E-state index contributed by atoms with van der Waals surface area (Å²) in [4.78, 5) is 3.97. The molecule has 108 valence electrons. The summed E-state index contributed by atoms with van der Waals surface area (Å²) in [5.74, 6) is 1.25. The molecule has 0 aliphatic carbocycles. The van der Waals surface area contributed by atoms with Crippen molar-refractivity contribution in [1.29, 1.82) is 0 Å². The van der Waals surface area contributed by atoms with Crippen molar-refractivity contribution in [1.82, 2.24) is 19.6 Å². The van der Waals surface area contributed by atoms with Crippen molar-refractivity contribution in [2.45, 2.75) is 11.4 Å². The van der Waals surface area contributed by atoms with Gasteiger partial charge in [0.2, 0.25) is 10.0 Å². The number of primary sulfonamides is 1. The summed E-state index contributed by atoms with van der Waals surface area (Å²) in [5, 5.41) is 16.2. The fourth-order valence-corrected chi connectivity index (χ4v) is 2.29. The third kappa shape index (κ3) is 2.83. The molecule has 3 N–H and O–H groups in total. The van der Waals surface area contributed by atoms with Gasteiger partial charge in [-0.25, -0.2) is 18.5 Å². The Morgan fingerprint density at radius 1 is 1.19 bits per heavy atom. The minimum atomic E-state index is -3.72. The van der Waals surface area contributed by atoms with E-state index in [2.05, 4.69) is 20.5 Å². The van der Waals surface area contributed by atoms with Gasteiger partial charge in [-0.3, -0.25) is 4.40 Å². The summed E-state index contributed by atoms with van der Waals surface area (Å²) in [6, 6.07) is 8.57. The number of nitrogens with two attached hydrogens (primary N) is 1. The molecule has 3 aromatic heterocycles. The number of aromatic nitrogens is 4. The Hall–Kier alpha value is -2.52. The van der Waals surface area contributed by atoms with E-state index in [4.69, 9.17) is 5.14 Å². The van der Waals surface area contributed by atoms with Crippen LogP contribution in [0.4, 0.5) is 5.82 Å². The second kappa shape index (κ2) is 5.11. The van der Waals surface area contributed by atoms with Crippen molar-refractivity contribution < 1.29 is 8.42 Å². The molecule has 3 rings (SSSR count). The second-order valence-electron chi connectivity index (χ2n) is 4.32. The molecule has 0 aromatic carbocycles. The van der Waals surface area contributed by atoms with Gasteiger partial charge in [-0.2, -0.15) is 0 Å². The summed E-state index contributed by atoms with van der Waals surface area (Å²) in [5.41, 5.74) is 0.756. The average molecular weight is 304 g/mol. The van der Waals surface area contributed by atoms with Gasteiger partial charge >= 0.3 is 0 Å². The lowest BCUT2D eigenvalue weighted by atomic mass is 10.4. The van der Waals surface area contributed by atoms with E-state index in [1.54, 1.807) is 6.07 Å². The highest BCUT2D eigenvalue weighted by molar-refractivity contribution is 7.89. The standard InChI is InChI=1S/C12H12N6O2S/c13-21(19,20)9-4-5-10(14-7-9)15-8-12-17-16-11-3-1-2-6-18(11)12/h1-7H,8H2,(H,14,15)(H2,13,19,20). The number of hydrogen-bond acceptors (Lipinski definition) is 6. The first-order valence-corrected chi connectivity index (χ1v) is 7.60. The fourth-order valence-electron chi connectivity index (χ4n) is 1.83. The third-order valence-electron chi connectivity index (χ3n) is 2.88. The summed E-state index contributed by atoms with van der Waals surface area (Å²) in [6.07, 6.45) is 3.07. The van der Waals surface area contributed by atoms with Gasteiger partial charge in [0.25, 0.3) is 0 Å². The number of fused-ring (bicyclic) bond motifs is 1. The van der Waals surface area contributed by atoms with Crippen molar-refractivity contribution in [3.05, 3.63) is 48.5 Å². The van der Waals surface area contributed by atoms with Crippen LogP contribution >= 0.6 is 0 Å². The molecule has 0 spiro atoms. The van der Waals surface area contributed by atoms with E-state index in [0.717, 1.165) is 11.5 Å². The van der Waals surface area contributed by atoms with Crippen molar-refractivity contribution in [2.75, 3.05) is 5.32 Å². The van der Waals surface area contributed by atoms with Crippen LogP contribution in [0.2, 0.25) is 0 Å². The van der Waals surface area contributed by atoms with Crippen LogP contribution in [0.3, 0.4) is 0 Å². The molecule has 0 aliphatic heterocycles. The highest BCUT2D eigenvalue weighted by Crippen LogP contribution is 2.10. The van der Waals surface area contributed by atoms with Crippen LogP contribution in [0.15, 0.2) is 47.6 Å². The molecule has 0 radical (unpaired) electrons. The number of anilines is 1. The van der Waals surface area contributed by atoms with E-state index in [0.29, 0.717) is 12.4 Å². The van der Waals surface area contributed by atoms with E-state index in [9.17, 15) is 8.42 Å². The number of nitrogens with zero attached hydrogens (tertiary/aromatic N) is 4. The molecule has 9 heteroatoms. The smallest absolute Gasteiger partial charge is 0.239 e. The Labute approximate surface area is 120 Å². The van der Waals surface area contributed by atoms with E-state index < -0.39 is 10.0 Å². The van der Waals surface area contributed by atoms with Gasteiger partial charge in [-0.05, 0) is 24.3 Å². The van der Waals surface area contributed by atoms with Gasteiger partial charge in [0.05, 0.1) is 6.54 Å². The minimum Gasteiger partial charge on any atom is -0.363 e. The molecular weight excluding hydrogens is 292 g/mol. The zero-order valence-corrected chi connectivity index (χ0v) is 11.7. The molecule has 0 amide bonds. The number of pyridine rings is 2. The van der Waals surface area contributed by atoms with E-state index in [1.165, 1.54) is 12.3 Å². The first-order chi connectivity index (χ1) is 10.0. The Bertz CT molecular complexity index is 872. The van der Waals surface area contributed by atoms with Crippen LogP contribution in [0.25, 0.3) is 5.65 Å². The fraction of sp³-hybridized carbons (Fsp3) is 0.0833. The molecule has 0 saturated carbocycles. The molecule has 8 nitrogen and oxygen atoms in total. The van der Waals surface area contributed by atoms with Crippen molar-refractivity contribution in [3.8, 4) is 0 Å². The van der Waals surface area contributed by atoms with Crippen molar-refractivity contribution in [2.24, 2.45) is 5.14 Å². The van der Waals surface area contributed by atoms with Gasteiger partial charge in [-0.15, -0.1) is 10.2 Å². The normalized spacial score (nSPS) is 11.7. The molecule has 0 unspecified atom stereocenters. The molecule has 0 atom stereocenters. The van der Waals surface area contributed by atoms with Crippen LogP contribution in [0.5, 0.6) is 0 Å². The first-order valence-electron chi connectivity index (χ1n) is 6.05. The van der Waals surface area contributed by atoms with Crippen molar-refractivity contribution in [3.63, 3.8) is 0 Å². The maximum atomic E-state index is 11.1. The SMILES string of the molecule is NS(=O)(=O)c1ccc(NCc2nnc3ccccn23)nc1. The monoisotopic (exact) mass is 304 g/mol. The molecule has 0 saturated heterocycles. The zero-order chi connectivity index (χ0) is 14.9. The maximum absolute atomic E-state index is 11.1. The molecule has 3 aromatic rings. The van der Waals surface area contributed by atoms with Crippen LogP contribution < -0.4 is 10.5 Å². The van der Waals surface area contributed by atoms with E-state index >= 15 is 0 Å². The molecule has 0 fully saturated rings. The summed E-state index contributed by atoms with van der Waals surface area (Å²) in [7, 11) is -3.72. The van der Waals surface area contributed by atoms with Gasteiger partial charge < -0.3 is 5.32 Å². The highest BCUT2D eigenvalue weighted by Gasteiger charge is 2.08. The molecular formula is C12H12N6O2S. The second-order valence-corrected chi connectivity index (χ2v) is 5.88. The van der Waals surface area contributed by atoms with Crippen LogP contribution in [0, 0.1) is 0 Å². The zero-order valence-electron chi connectivity index (χ0n) is 10.8. The van der Waals surface area contributed by atoms with Crippen LogP contribution in [0.1, 0.15) is 5.82 Å². The summed E-state index contributed by atoms with van der Waals surface area (Å²) < 4.78 is 24.1. The number of rotatable bonds is 4. The number of nitrogens with one attached hydrogen (secondary N) is 1. The molecule has 0 aliphatic rings. The topological polar surface area (TPSA) is 115 Å². The Balaban J connectivity index is 1.76. The lowest BCUT2D eigenvalue weighted by molar-refractivity contribution is 0.597. The average Bonchev–Trinajstić information content (AvgIpc) is 2.88. The Kier molecular flexibility index (Phi) is 3.28. The van der Waals surface area contributed by atoms with Gasteiger partial charge in [0.1, 0.15) is 10.7 Å². The third-order valence-corrected chi connectivity index (χ3v) is 3.78. The highest BCUT2D eigenvalue weighted by atomic mass is 32.2.